The molecule has 0 saturated heterocycles. The van der Waals surface area contributed by atoms with Crippen molar-refractivity contribution in [1.29, 1.82) is 0 Å². The normalized spacial score (nSPS) is 10.6. The molecule has 0 amide bonds. The van der Waals surface area contributed by atoms with Gasteiger partial charge in [0.25, 0.3) is 0 Å². The van der Waals surface area contributed by atoms with Gasteiger partial charge >= 0.3 is 0 Å². The van der Waals surface area contributed by atoms with Crippen LogP contribution in [0.1, 0.15) is 0 Å². The van der Waals surface area contributed by atoms with Crippen LogP contribution < -0.4 is 0 Å². The number of benzene rings is 2. The molecule has 0 bridgehead atoms. The minimum atomic E-state index is 0.523. The Labute approximate surface area is 132 Å². The van der Waals surface area contributed by atoms with Crippen molar-refractivity contribution in [3.63, 3.8) is 0 Å². The SMILES string of the molecule is Brc1cccc(-c2nnc(-c3cccc(I)c3)o2)c1. The summed E-state index contributed by atoms with van der Waals surface area (Å²) in [5.41, 5.74) is 1.83. The summed E-state index contributed by atoms with van der Waals surface area (Å²) in [6, 6.07) is 15.8. The first-order valence-corrected chi connectivity index (χ1v) is 7.45. The zero-order valence-electron chi connectivity index (χ0n) is 9.68. The summed E-state index contributed by atoms with van der Waals surface area (Å²) in [4.78, 5) is 0. The van der Waals surface area contributed by atoms with E-state index in [9.17, 15) is 0 Å². The summed E-state index contributed by atoms with van der Waals surface area (Å²) >= 11 is 5.69. The molecule has 0 spiro atoms. The number of nitrogens with zero attached hydrogens (tertiary/aromatic N) is 2. The monoisotopic (exact) mass is 426 g/mol. The summed E-state index contributed by atoms with van der Waals surface area (Å²) in [6.45, 7) is 0. The third-order valence-electron chi connectivity index (χ3n) is 2.57. The van der Waals surface area contributed by atoms with E-state index < -0.39 is 0 Å². The largest absolute Gasteiger partial charge is 0.416 e. The molecular weight excluding hydrogens is 419 g/mol. The molecule has 0 saturated carbocycles. The molecule has 2 aromatic carbocycles. The minimum absolute atomic E-state index is 0.523. The predicted molar refractivity (Wildman–Crippen MR) is 85.6 cm³/mol. The highest BCUT2D eigenvalue weighted by atomic mass is 127. The number of halogens is 2. The predicted octanol–water partition coefficient (Wildman–Crippen LogP) is 4.77. The minimum Gasteiger partial charge on any atom is -0.416 e. The van der Waals surface area contributed by atoms with Crippen molar-refractivity contribution < 1.29 is 4.42 Å². The van der Waals surface area contributed by atoms with Gasteiger partial charge < -0.3 is 4.42 Å². The third-order valence-corrected chi connectivity index (χ3v) is 3.73. The zero-order chi connectivity index (χ0) is 13.2. The molecule has 0 radical (unpaired) electrons. The Hall–Kier alpha value is -1.21. The van der Waals surface area contributed by atoms with Crippen LogP contribution in [0.15, 0.2) is 57.4 Å². The topological polar surface area (TPSA) is 38.9 Å². The van der Waals surface area contributed by atoms with E-state index in [0.29, 0.717) is 11.8 Å². The van der Waals surface area contributed by atoms with Crippen molar-refractivity contribution in [3.8, 4) is 22.9 Å². The molecule has 3 nitrogen and oxygen atoms in total. The maximum absolute atomic E-state index is 5.72. The fraction of sp³-hybridized carbons (Fsp3) is 0. The van der Waals surface area contributed by atoms with Gasteiger partial charge in [-0.2, -0.15) is 0 Å². The molecule has 1 aromatic heterocycles. The fourth-order valence-corrected chi connectivity index (χ4v) is 2.64. The summed E-state index contributed by atoms with van der Waals surface area (Å²) in [7, 11) is 0. The van der Waals surface area contributed by atoms with Gasteiger partial charge in [0.05, 0.1) is 0 Å². The van der Waals surface area contributed by atoms with Crippen molar-refractivity contribution in [3.05, 3.63) is 56.6 Å². The molecule has 0 aliphatic carbocycles. The summed E-state index contributed by atoms with van der Waals surface area (Å²) in [6.07, 6.45) is 0. The van der Waals surface area contributed by atoms with Crippen molar-refractivity contribution in [2.24, 2.45) is 0 Å². The third kappa shape index (κ3) is 2.87. The van der Waals surface area contributed by atoms with E-state index in [-0.39, 0.29) is 0 Å². The Bertz CT molecular complexity index is 667. The molecule has 0 N–H and O–H groups in total. The van der Waals surface area contributed by atoms with Gasteiger partial charge in [0.15, 0.2) is 0 Å². The quantitative estimate of drug-likeness (QED) is 0.554. The molecule has 0 fully saturated rings. The Morgan fingerprint density at radius 3 is 2.16 bits per heavy atom. The van der Waals surface area contributed by atoms with E-state index in [4.69, 9.17) is 4.42 Å². The Morgan fingerprint density at radius 2 is 1.53 bits per heavy atom. The van der Waals surface area contributed by atoms with Gasteiger partial charge in [-0.15, -0.1) is 10.2 Å². The molecular formula is C14H8BrIN2O. The standard InChI is InChI=1S/C14H8BrIN2O/c15-11-5-1-3-9(7-11)13-17-18-14(19-13)10-4-2-6-12(16)8-10/h1-8H. The summed E-state index contributed by atoms with van der Waals surface area (Å²) in [5.74, 6) is 1.06. The smallest absolute Gasteiger partial charge is 0.248 e. The van der Waals surface area contributed by atoms with Gasteiger partial charge in [-0.3, -0.25) is 0 Å². The lowest BCUT2D eigenvalue weighted by molar-refractivity contribution is 0.584. The van der Waals surface area contributed by atoms with Gasteiger partial charge in [-0.05, 0) is 59.0 Å². The van der Waals surface area contributed by atoms with E-state index in [2.05, 4.69) is 48.7 Å². The molecule has 94 valence electrons. The molecule has 3 rings (SSSR count). The van der Waals surface area contributed by atoms with E-state index >= 15 is 0 Å². The maximum Gasteiger partial charge on any atom is 0.248 e. The van der Waals surface area contributed by atoms with Crippen LogP contribution in [-0.2, 0) is 0 Å². The second kappa shape index (κ2) is 5.42. The molecule has 1 heterocycles. The van der Waals surface area contributed by atoms with Crippen LogP contribution in [0.4, 0.5) is 0 Å². The van der Waals surface area contributed by atoms with Crippen LogP contribution in [0.3, 0.4) is 0 Å². The molecule has 5 heteroatoms. The van der Waals surface area contributed by atoms with E-state index in [1.807, 2.05) is 48.5 Å². The molecule has 3 aromatic rings. The Morgan fingerprint density at radius 1 is 0.895 bits per heavy atom. The van der Waals surface area contributed by atoms with Crippen molar-refractivity contribution in [1.82, 2.24) is 10.2 Å². The van der Waals surface area contributed by atoms with Crippen LogP contribution in [-0.4, -0.2) is 10.2 Å². The lowest BCUT2D eigenvalue weighted by atomic mass is 10.2. The Kier molecular flexibility index (Phi) is 3.65. The van der Waals surface area contributed by atoms with Gasteiger partial charge in [0, 0.05) is 19.2 Å². The molecule has 0 unspecified atom stereocenters. The maximum atomic E-state index is 5.72. The number of hydrogen-bond donors (Lipinski definition) is 0. The van der Waals surface area contributed by atoms with E-state index in [1.165, 1.54) is 0 Å². The average Bonchev–Trinajstić information content (AvgIpc) is 2.88. The first kappa shape index (κ1) is 12.8. The number of aromatic nitrogens is 2. The lowest BCUT2D eigenvalue weighted by Gasteiger charge is -1.96. The van der Waals surface area contributed by atoms with Crippen LogP contribution in [0, 0.1) is 3.57 Å². The van der Waals surface area contributed by atoms with Crippen molar-refractivity contribution in [2.45, 2.75) is 0 Å². The fourth-order valence-electron chi connectivity index (χ4n) is 1.70. The number of rotatable bonds is 2. The highest BCUT2D eigenvalue weighted by Gasteiger charge is 2.10. The van der Waals surface area contributed by atoms with E-state index in [1.54, 1.807) is 0 Å². The molecule has 0 aliphatic heterocycles. The molecule has 0 aliphatic rings. The summed E-state index contributed by atoms with van der Waals surface area (Å²) in [5, 5.41) is 8.19. The molecule has 0 atom stereocenters. The van der Waals surface area contributed by atoms with Gasteiger partial charge in [0.1, 0.15) is 0 Å². The second-order valence-corrected chi connectivity index (χ2v) is 6.09. The number of hydrogen-bond acceptors (Lipinski definition) is 3. The Balaban J connectivity index is 2.00. The average molecular weight is 427 g/mol. The highest BCUT2D eigenvalue weighted by molar-refractivity contribution is 14.1. The highest BCUT2D eigenvalue weighted by Crippen LogP contribution is 2.26. The zero-order valence-corrected chi connectivity index (χ0v) is 13.4. The van der Waals surface area contributed by atoms with Gasteiger partial charge in [0.2, 0.25) is 11.8 Å². The van der Waals surface area contributed by atoms with Gasteiger partial charge in [-0.1, -0.05) is 28.1 Å². The van der Waals surface area contributed by atoms with Crippen molar-refractivity contribution in [2.75, 3.05) is 0 Å². The lowest BCUT2D eigenvalue weighted by Crippen LogP contribution is -1.78. The van der Waals surface area contributed by atoms with Crippen LogP contribution >= 0.6 is 38.5 Å². The van der Waals surface area contributed by atoms with E-state index in [0.717, 1.165) is 19.2 Å². The van der Waals surface area contributed by atoms with Crippen molar-refractivity contribution >= 4 is 38.5 Å². The molecule has 19 heavy (non-hydrogen) atoms. The first-order valence-electron chi connectivity index (χ1n) is 5.58. The van der Waals surface area contributed by atoms with Crippen LogP contribution in [0.5, 0.6) is 0 Å². The second-order valence-electron chi connectivity index (χ2n) is 3.93. The summed E-state index contributed by atoms with van der Waals surface area (Å²) < 4.78 is 7.84. The first-order chi connectivity index (χ1) is 9.22. The van der Waals surface area contributed by atoms with Crippen LogP contribution in [0.2, 0.25) is 0 Å². The van der Waals surface area contributed by atoms with Crippen LogP contribution in [0.25, 0.3) is 22.9 Å². The van der Waals surface area contributed by atoms with Gasteiger partial charge in [-0.25, -0.2) is 0 Å².